The molecule has 12 heteroatoms. The summed E-state index contributed by atoms with van der Waals surface area (Å²) in [6, 6.07) is 24.4. The smallest absolute Gasteiger partial charge is 0.307 e. The lowest BCUT2D eigenvalue weighted by molar-refractivity contribution is -0.145. The molecule has 4 heterocycles. The number of benzene rings is 3. The molecule has 0 radical (unpaired) electrons. The van der Waals surface area contributed by atoms with Crippen LogP contribution in [0.4, 0.5) is 0 Å². The molecule has 3 aromatic carbocycles. The first-order chi connectivity index (χ1) is 28.2. The van der Waals surface area contributed by atoms with Gasteiger partial charge < -0.3 is 40.7 Å². The van der Waals surface area contributed by atoms with Crippen LogP contribution >= 0.6 is 0 Å². The van der Waals surface area contributed by atoms with Crippen molar-refractivity contribution in [1.82, 2.24) is 20.9 Å². The quantitative estimate of drug-likeness (QED) is 0.0914. The monoisotopic (exact) mass is 796 g/mol. The number of aliphatic carboxylic acids is 3. The second-order valence-electron chi connectivity index (χ2n) is 17.2. The summed E-state index contributed by atoms with van der Waals surface area (Å²) in [6.45, 7) is 7.38. The van der Waals surface area contributed by atoms with Crippen molar-refractivity contribution < 1.29 is 39.2 Å². The van der Waals surface area contributed by atoms with Gasteiger partial charge >= 0.3 is 17.9 Å². The van der Waals surface area contributed by atoms with Crippen molar-refractivity contribution in [3.63, 3.8) is 0 Å². The highest BCUT2D eigenvalue weighted by molar-refractivity contribution is 5.72. The van der Waals surface area contributed by atoms with Crippen LogP contribution in [-0.4, -0.2) is 109 Å². The fraction of sp³-hybridized carbons (Fsp3) is 0.543. The third-order valence-corrected chi connectivity index (χ3v) is 13.2. The third kappa shape index (κ3) is 10.6. The number of rotatable bonds is 21. The summed E-state index contributed by atoms with van der Waals surface area (Å²) < 4.78 is 12.4. The van der Waals surface area contributed by atoms with E-state index in [0.29, 0.717) is 64.3 Å². The maximum atomic E-state index is 12.4. The minimum atomic E-state index is -0.764. The van der Waals surface area contributed by atoms with E-state index in [1.807, 2.05) is 48.5 Å². The van der Waals surface area contributed by atoms with Gasteiger partial charge in [0, 0.05) is 13.1 Å². The molecular weight excluding hydrogens is 737 g/mol. The first-order valence-electron chi connectivity index (χ1n) is 21.2. The number of hydrogen-bond acceptors (Lipinski definition) is 9. The van der Waals surface area contributed by atoms with Crippen molar-refractivity contribution in [2.45, 2.75) is 57.0 Å². The molecule has 6 atom stereocenters. The Morgan fingerprint density at radius 3 is 1.55 bits per heavy atom. The van der Waals surface area contributed by atoms with Crippen LogP contribution in [0.1, 0.15) is 47.1 Å². The van der Waals surface area contributed by atoms with Gasteiger partial charge in [0.25, 0.3) is 0 Å². The molecule has 0 spiro atoms. The van der Waals surface area contributed by atoms with Crippen molar-refractivity contribution in [2.75, 3.05) is 65.6 Å². The summed E-state index contributed by atoms with van der Waals surface area (Å²) >= 11 is 0. The lowest BCUT2D eigenvalue weighted by atomic mass is 9.83. The summed E-state index contributed by atoms with van der Waals surface area (Å²) in [6.07, 6.45) is 4.72. The summed E-state index contributed by atoms with van der Waals surface area (Å²) in [5, 5.41) is 40.2. The Morgan fingerprint density at radius 2 is 1.10 bits per heavy atom. The molecule has 0 bridgehead atoms. The van der Waals surface area contributed by atoms with Gasteiger partial charge in [-0.25, -0.2) is 0 Å². The number of carboxylic acid groups (broad SMARTS) is 3. The van der Waals surface area contributed by atoms with Crippen LogP contribution in [0.2, 0.25) is 0 Å². The Kier molecular flexibility index (Phi) is 14.1. The molecule has 0 amide bonds. The molecule has 6 unspecified atom stereocenters. The highest BCUT2D eigenvalue weighted by Crippen LogP contribution is 2.33. The van der Waals surface area contributed by atoms with Crippen molar-refractivity contribution in [1.29, 1.82) is 0 Å². The second kappa shape index (κ2) is 19.6. The SMILES string of the molecule is O=C(O)C(Cc1cccc(CN(CCOc2cccc(CC(C(=O)O)C3CCNC3)c2)C2(Cc3cccc(CC(C(=O)O)C4CCNC4)c3)COC2)c1)C1CCNC1. The molecule has 6 N–H and O–H groups in total. The predicted molar refractivity (Wildman–Crippen MR) is 220 cm³/mol. The van der Waals surface area contributed by atoms with E-state index in [0.717, 1.165) is 86.3 Å². The molecule has 4 aliphatic rings. The fourth-order valence-electron chi connectivity index (χ4n) is 9.77. The van der Waals surface area contributed by atoms with E-state index in [4.69, 9.17) is 9.47 Å². The summed E-state index contributed by atoms with van der Waals surface area (Å²) in [4.78, 5) is 39.3. The minimum Gasteiger partial charge on any atom is -0.492 e. The van der Waals surface area contributed by atoms with E-state index in [9.17, 15) is 29.7 Å². The first kappa shape index (κ1) is 41.8. The Bertz CT molecular complexity index is 1850. The number of nitrogens with one attached hydrogen (secondary N) is 3. The Balaban J connectivity index is 1.09. The first-order valence-corrected chi connectivity index (χ1v) is 21.2. The van der Waals surface area contributed by atoms with E-state index in [-0.39, 0.29) is 23.3 Å². The van der Waals surface area contributed by atoms with Crippen LogP contribution in [0.3, 0.4) is 0 Å². The highest BCUT2D eigenvalue weighted by atomic mass is 16.5. The van der Waals surface area contributed by atoms with Crippen LogP contribution in [0, 0.1) is 35.5 Å². The zero-order valence-corrected chi connectivity index (χ0v) is 33.5. The van der Waals surface area contributed by atoms with Crippen molar-refractivity contribution in [2.24, 2.45) is 35.5 Å². The molecule has 4 aliphatic heterocycles. The van der Waals surface area contributed by atoms with Gasteiger partial charge in [-0.2, -0.15) is 0 Å². The van der Waals surface area contributed by atoms with Crippen LogP contribution in [0.5, 0.6) is 5.75 Å². The van der Waals surface area contributed by atoms with E-state index >= 15 is 0 Å². The van der Waals surface area contributed by atoms with Crippen LogP contribution in [0.15, 0.2) is 72.8 Å². The number of hydrogen-bond donors (Lipinski definition) is 6. The summed E-state index contributed by atoms with van der Waals surface area (Å²) in [5.41, 5.74) is 4.84. The van der Waals surface area contributed by atoms with Crippen LogP contribution < -0.4 is 20.7 Å². The largest absolute Gasteiger partial charge is 0.492 e. The fourth-order valence-corrected chi connectivity index (χ4v) is 9.77. The van der Waals surface area contributed by atoms with Crippen LogP contribution in [-0.2, 0) is 51.3 Å². The lowest BCUT2D eigenvalue weighted by Gasteiger charge is -2.50. The normalized spacial score (nSPS) is 22.9. The molecule has 4 saturated heterocycles. The number of carboxylic acids is 3. The maximum Gasteiger partial charge on any atom is 0.307 e. The Hall–Kier alpha value is -4.33. The van der Waals surface area contributed by atoms with E-state index in [1.54, 1.807) is 0 Å². The maximum absolute atomic E-state index is 12.4. The van der Waals surface area contributed by atoms with Gasteiger partial charge in [0.1, 0.15) is 12.4 Å². The van der Waals surface area contributed by atoms with Crippen LogP contribution in [0.25, 0.3) is 0 Å². The molecule has 4 fully saturated rings. The molecule has 0 aliphatic carbocycles. The van der Waals surface area contributed by atoms with Gasteiger partial charge in [0.15, 0.2) is 0 Å². The predicted octanol–water partition coefficient (Wildman–Crippen LogP) is 4.14. The molecule has 0 saturated carbocycles. The average molecular weight is 797 g/mol. The number of carbonyl (C=O) groups is 3. The third-order valence-electron chi connectivity index (χ3n) is 13.2. The minimum absolute atomic E-state index is 0.105. The van der Waals surface area contributed by atoms with Gasteiger partial charge in [-0.05, 0) is 142 Å². The zero-order valence-electron chi connectivity index (χ0n) is 33.5. The van der Waals surface area contributed by atoms with Crippen molar-refractivity contribution in [3.8, 4) is 5.75 Å². The summed E-state index contributed by atoms with van der Waals surface area (Å²) in [5.74, 6) is -2.58. The topological polar surface area (TPSA) is 170 Å². The Morgan fingerprint density at radius 1 is 0.655 bits per heavy atom. The molecule has 58 heavy (non-hydrogen) atoms. The lowest BCUT2D eigenvalue weighted by Crippen LogP contribution is -2.64. The second-order valence-corrected chi connectivity index (χ2v) is 17.2. The van der Waals surface area contributed by atoms with Gasteiger partial charge in [-0.3, -0.25) is 19.3 Å². The molecule has 7 rings (SSSR count). The molecule has 312 valence electrons. The Labute approximate surface area is 341 Å². The molecule has 0 aromatic heterocycles. The van der Waals surface area contributed by atoms with Gasteiger partial charge in [0.05, 0.1) is 36.5 Å². The van der Waals surface area contributed by atoms with Crippen molar-refractivity contribution in [3.05, 3.63) is 101 Å². The van der Waals surface area contributed by atoms with E-state index in [2.05, 4.69) is 45.1 Å². The van der Waals surface area contributed by atoms with Crippen molar-refractivity contribution >= 4 is 17.9 Å². The standard InChI is InChI=1S/C46H60N4O8/c51-43(52)40(36-10-13-47-25-36)21-31-4-1-7-34(18-31)24-46(29-57-30-46)50(28-35-8-2-5-32(19-35)22-41(44(53)54)37-11-14-48-26-37)16-17-58-39-9-3-6-33(20-39)23-42(45(55)56)38-12-15-49-27-38/h1-9,18-20,36-38,40-42,47-49H,10-17,21-30H2,(H,51,52)(H,53,54)(H,55,56). The van der Waals surface area contributed by atoms with Gasteiger partial charge in [-0.1, -0.05) is 60.7 Å². The number of nitrogens with zero attached hydrogens (tertiary/aromatic N) is 1. The zero-order chi connectivity index (χ0) is 40.5. The number of ether oxygens (including phenoxy) is 2. The summed E-state index contributed by atoms with van der Waals surface area (Å²) in [7, 11) is 0. The van der Waals surface area contributed by atoms with Gasteiger partial charge in [0.2, 0.25) is 0 Å². The van der Waals surface area contributed by atoms with E-state index < -0.39 is 35.7 Å². The van der Waals surface area contributed by atoms with E-state index in [1.165, 1.54) is 0 Å². The molecule has 3 aromatic rings. The average Bonchev–Trinajstić information content (AvgIpc) is 4.02. The highest BCUT2D eigenvalue weighted by Gasteiger charge is 2.44. The van der Waals surface area contributed by atoms with Gasteiger partial charge in [-0.15, -0.1) is 0 Å². The molecular formula is C46H60N4O8. The molecule has 12 nitrogen and oxygen atoms in total.